The van der Waals surface area contributed by atoms with Crippen LogP contribution in [-0.4, -0.2) is 29.4 Å². The van der Waals surface area contributed by atoms with Crippen molar-refractivity contribution in [1.29, 1.82) is 0 Å². The third-order valence-corrected chi connectivity index (χ3v) is 2.36. The Balaban J connectivity index is 2.20. The Morgan fingerprint density at radius 2 is 2.43 bits per heavy atom. The van der Waals surface area contributed by atoms with Crippen LogP contribution >= 0.6 is 0 Å². The Kier molecular flexibility index (Phi) is 2.58. The molecule has 1 aliphatic rings. The van der Waals surface area contributed by atoms with Gasteiger partial charge in [0.15, 0.2) is 0 Å². The summed E-state index contributed by atoms with van der Waals surface area (Å²) >= 11 is 0. The lowest BCUT2D eigenvalue weighted by molar-refractivity contribution is 0.0209. The highest BCUT2D eigenvalue weighted by atomic mass is 19.1. The van der Waals surface area contributed by atoms with Gasteiger partial charge in [0.2, 0.25) is 5.95 Å². The maximum Gasteiger partial charge on any atom is 0.220 e. The minimum Gasteiger partial charge on any atom is -0.378 e. The Morgan fingerprint density at radius 1 is 1.57 bits per heavy atom. The fourth-order valence-electron chi connectivity index (χ4n) is 1.63. The van der Waals surface area contributed by atoms with Crippen LogP contribution in [0.15, 0.2) is 12.3 Å². The minimum atomic E-state index is -0.988. The van der Waals surface area contributed by atoms with Crippen LogP contribution < -0.4 is 5.73 Å². The number of anilines is 1. The van der Waals surface area contributed by atoms with Gasteiger partial charge in [-0.2, -0.15) is 0 Å². The quantitative estimate of drug-likeness (QED) is 0.726. The SMILES string of the molecule is Nc1nccc([C@H]2CCOC[C@H]2F)n1. The van der Waals surface area contributed by atoms with E-state index in [1.165, 1.54) is 0 Å². The van der Waals surface area contributed by atoms with Crippen molar-refractivity contribution >= 4 is 5.95 Å². The molecule has 1 aromatic rings. The molecule has 0 radical (unpaired) electrons. The van der Waals surface area contributed by atoms with Gasteiger partial charge >= 0.3 is 0 Å². The standard InChI is InChI=1S/C9H12FN3O/c10-7-5-14-4-2-6(7)8-1-3-12-9(11)13-8/h1,3,6-7H,2,4-5H2,(H2,11,12,13)/t6-,7+/m0/s1. The topological polar surface area (TPSA) is 61.0 Å². The van der Waals surface area contributed by atoms with E-state index in [9.17, 15) is 4.39 Å². The van der Waals surface area contributed by atoms with Crippen LogP contribution in [0.25, 0.3) is 0 Å². The Labute approximate surface area is 81.3 Å². The molecule has 4 nitrogen and oxygen atoms in total. The Morgan fingerprint density at radius 3 is 3.14 bits per heavy atom. The van der Waals surface area contributed by atoms with Gasteiger partial charge < -0.3 is 10.5 Å². The fraction of sp³-hybridized carbons (Fsp3) is 0.556. The lowest BCUT2D eigenvalue weighted by Crippen LogP contribution is -2.28. The van der Waals surface area contributed by atoms with Crippen molar-refractivity contribution in [3.05, 3.63) is 18.0 Å². The first-order valence-electron chi connectivity index (χ1n) is 4.57. The molecule has 2 heterocycles. The highest BCUT2D eigenvalue weighted by Crippen LogP contribution is 2.27. The van der Waals surface area contributed by atoms with E-state index in [4.69, 9.17) is 10.5 Å². The highest BCUT2D eigenvalue weighted by molar-refractivity contribution is 5.20. The van der Waals surface area contributed by atoms with Gasteiger partial charge in [-0.05, 0) is 12.5 Å². The molecule has 76 valence electrons. The van der Waals surface area contributed by atoms with Crippen LogP contribution in [0, 0.1) is 0 Å². The zero-order valence-corrected chi connectivity index (χ0v) is 7.69. The molecule has 5 heteroatoms. The van der Waals surface area contributed by atoms with E-state index in [0.717, 1.165) is 0 Å². The molecule has 0 amide bonds. The van der Waals surface area contributed by atoms with Gasteiger partial charge in [0.05, 0.1) is 12.3 Å². The average molecular weight is 197 g/mol. The van der Waals surface area contributed by atoms with Crippen molar-refractivity contribution < 1.29 is 9.13 Å². The first-order chi connectivity index (χ1) is 6.77. The molecule has 2 rings (SSSR count). The van der Waals surface area contributed by atoms with Crippen LogP contribution in [0.5, 0.6) is 0 Å². The number of hydrogen-bond acceptors (Lipinski definition) is 4. The van der Waals surface area contributed by atoms with Gasteiger partial charge in [0.25, 0.3) is 0 Å². The van der Waals surface area contributed by atoms with Crippen LogP contribution in [0.2, 0.25) is 0 Å². The number of hydrogen-bond donors (Lipinski definition) is 1. The van der Waals surface area contributed by atoms with Crippen molar-refractivity contribution in [2.75, 3.05) is 18.9 Å². The number of nitrogens with zero attached hydrogens (tertiary/aromatic N) is 2. The van der Waals surface area contributed by atoms with Crippen molar-refractivity contribution in [3.63, 3.8) is 0 Å². The fourth-order valence-corrected chi connectivity index (χ4v) is 1.63. The minimum absolute atomic E-state index is 0.147. The smallest absolute Gasteiger partial charge is 0.220 e. The summed E-state index contributed by atoms with van der Waals surface area (Å²) in [4.78, 5) is 7.79. The number of alkyl halides is 1. The molecular weight excluding hydrogens is 185 g/mol. The van der Waals surface area contributed by atoms with Crippen molar-refractivity contribution in [1.82, 2.24) is 9.97 Å². The Bertz CT molecular complexity index is 321. The third kappa shape index (κ3) is 1.82. The molecule has 2 atom stereocenters. The molecule has 1 fully saturated rings. The van der Waals surface area contributed by atoms with Gasteiger partial charge in [-0.1, -0.05) is 0 Å². The number of nitrogen functional groups attached to an aromatic ring is 1. The summed E-state index contributed by atoms with van der Waals surface area (Å²) in [5.74, 6) is -0.00441. The molecule has 0 spiro atoms. The van der Waals surface area contributed by atoms with E-state index in [2.05, 4.69) is 9.97 Å². The lowest BCUT2D eigenvalue weighted by atomic mass is 9.95. The number of aromatic nitrogens is 2. The summed E-state index contributed by atoms with van der Waals surface area (Å²) < 4.78 is 18.5. The molecule has 1 aliphatic heterocycles. The van der Waals surface area contributed by atoms with Gasteiger partial charge in [0.1, 0.15) is 6.17 Å². The average Bonchev–Trinajstić information content (AvgIpc) is 2.18. The van der Waals surface area contributed by atoms with E-state index in [1.807, 2.05) is 0 Å². The third-order valence-electron chi connectivity index (χ3n) is 2.36. The summed E-state index contributed by atoms with van der Waals surface area (Å²) in [5, 5.41) is 0. The molecule has 0 bridgehead atoms. The van der Waals surface area contributed by atoms with E-state index in [0.29, 0.717) is 18.7 Å². The lowest BCUT2D eigenvalue weighted by Gasteiger charge is -2.25. The number of rotatable bonds is 1. The second-order valence-corrected chi connectivity index (χ2v) is 3.33. The molecule has 1 aromatic heterocycles. The summed E-state index contributed by atoms with van der Waals surface area (Å²) in [6.07, 6.45) is 1.22. The van der Waals surface area contributed by atoms with Crippen LogP contribution in [-0.2, 0) is 4.74 Å². The van der Waals surface area contributed by atoms with Gasteiger partial charge in [-0.25, -0.2) is 14.4 Å². The van der Waals surface area contributed by atoms with Crippen LogP contribution in [0.3, 0.4) is 0 Å². The molecule has 0 saturated carbocycles. The molecule has 0 unspecified atom stereocenters. The zero-order valence-electron chi connectivity index (χ0n) is 7.69. The molecule has 14 heavy (non-hydrogen) atoms. The molecule has 0 aromatic carbocycles. The predicted octanol–water partition coefficient (Wildman–Crippen LogP) is 0.901. The normalized spacial score (nSPS) is 27.5. The summed E-state index contributed by atoms with van der Waals surface area (Å²) in [6, 6.07) is 1.71. The maximum atomic E-state index is 13.4. The van der Waals surface area contributed by atoms with E-state index in [-0.39, 0.29) is 18.5 Å². The van der Waals surface area contributed by atoms with Gasteiger partial charge in [-0.3, -0.25) is 0 Å². The van der Waals surface area contributed by atoms with Gasteiger partial charge in [-0.15, -0.1) is 0 Å². The van der Waals surface area contributed by atoms with E-state index < -0.39 is 6.17 Å². The largest absolute Gasteiger partial charge is 0.378 e. The second kappa shape index (κ2) is 3.88. The molecule has 0 aliphatic carbocycles. The van der Waals surface area contributed by atoms with Crippen LogP contribution in [0.1, 0.15) is 18.0 Å². The molecular formula is C9H12FN3O. The predicted molar refractivity (Wildman–Crippen MR) is 49.5 cm³/mol. The van der Waals surface area contributed by atoms with E-state index in [1.54, 1.807) is 12.3 Å². The summed E-state index contributed by atoms with van der Waals surface area (Å²) in [5.41, 5.74) is 6.11. The van der Waals surface area contributed by atoms with Gasteiger partial charge in [0, 0.05) is 18.7 Å². The van der Waals surface area contributed by atoms with E-state index >= 15 is 0 Å². The highest BCUT2D eigenvalue weighted by Gasteiger charge is 2.27. The first-order valence-corrected chi connectivity index (χ1v) is 4.57. The maximum absolute atomic E-state index is 13.4. The number of ether oxygens (including phenoxy) is 1. The number of nitrogens with two attached hydrogens (primary N) is 1. The zero-order chi connectivity index (χ0) is 9.97. The molecule has 1 saturated heterocycles. The van der Waals surface area contributed by atoms with Crippen LogP contribution in [0.4, 0.5) is 10.3 Å². The summed E-state index contributed by atoms with van der Waals surface area (Å²) in [7, 11) is 0. The first kappa shape index (κ1) is 9.33. The van der Waals surface area contributed by atoms with Crippen molar-refractivity contribution in [3.8, 4) is 0 Å². The van der Waals surface area contributed by atoms with Crippen molar-refractivity contribution in [2.45, 2.75) is 18.5 Å². The number of halogens is 1. The monoisotopic (exact) mass is 197 g/mol. The van der Waals surface area contributed by atoms with Crippen molar-refractivity contribution in [2.24, 2.45) is 0 Å². The summed E-state index contributed by atoms with van der Waals surface area (Å²) in [6.45, 7) is 0.726. The second-order valence-electron chi connectivity index (χ2n) is 3.33. The Hall–Kier alpha value is -1.23. The molecule has 2 N–H and O–H groups in total.